The van der Waals surface area contributed by atoms with Crippen molar-refractivity contribution >= 4 is 29.9 Å². The maximum atomic E-state index is 13.3. The Balaban J connectivity index is 0.00000240. The Labute approximate surface area is 179 Å². The van der Waals surface area contributed by atoms with E-state index in [-0.39, 0.29) is 24.4 Å². The molecule has 1 amide bonds. The molecule has 0 spiro atoms. The molecule has 1 atom stereocenters. The van der Waals surface area contributed by atoms with Gasteiger partial charge in [0.15, 0.2) is 0 Å². The number of amides is 1. The van der Waals surface area contributed by atoms with Crippen molar-refractivity contribution in [2.24, 2.45) is 0 Å². The fourth-order valence-electron chi connectivity index (χ4n) is 3.42. The third kappa shape index (κ3) is 4.19. The number of methoxy groups -OCH3 is 1. The molecule has 1 aliphatic rings. The van der Waals surface area contributed by atoms with Crippen molar-refractivity contribution in [1.82, 2.24) is 30.4 Å². The maximum absolute atomic E-state index is 13.3. The second kappa shape index (κ2) is 9.21. The molecule has 1 unspecified atom stereocenters. The first-order chi connectivity index (χ1) is 13.7. The van der Waals surface area contributed by atoms with Gasteiger partial charge in [-0.1, -0.05) is 29.8 Å². The van der Waals surface area contributed by atoms with E-state index >= 15 is 0 Å². The summed E-state index contributed by atoms with van der Waals surface area (Å²) in [5, 5.41) is 14.8. The Morgan fingerprint density at radius 2 is 2.10 bits per heavy atom. The Morgan fingerprint density at radius 1 is 1.28 bits per heavy atom. The van der Waals surface area contributed by atoms with Crippen molar-refractivity contribution in [2.75, 3.05) is 26.7 Å². The molecule has 1 saturated heterocycles. The van der Waals surface area contributed by atoms with E-state index < -0.39 is 0 Å². The number of hydrogen-bond acceptors (Lipinski definition) is 6. The maximum Gasteiger partial charge on any atom is 0.255 e. The number of ether oxygens (including phenoxy) is 1. The van der Waals surface area contributed by atoms with Crippen LogP contribution in [-0.2, 0) is 0 Å². The fraction of sp³-hybridized carbons (Fsp3) is 0.263. The molecule has 0 radical (unpaired) electrons. The van der Waals surface area contributed by atoms with E-state index in [2.05, 4.69) is 20.8 Å². The van der Waals surface area contributed by atoms with Gasteiger partial charge in [0.25, 0.3) is 5.91 Å². The van der Waals surface area contributed by atoms with Crippen LogP contribution in [0.4, 0.5) is 0 Å². The van der Waals surface area contributed by atoms with Crippen molar-refractivity contribution in [3.05, 3.63) is 64.9 Å². The molecule has 4 rings (SSSR count). The number of aromatic nitrogens is 4. The van der Waals surface area contributed by atoms with Gasteiger partial charge in [-0.15, -0.1) is 17.5 Å². The van der Waals surface area contributed by atoms with Gasteiger partial charge >= 0.3 is 0 Å². The van der Waals surface area contributed by atoms with Crippen molar-refractivity contribution in [3.8, 4) is 11.4 Å². The number of rotatable bonds is 4. The van der Waals surface area contributed by atoms with Crippen LogP contribution in [0.3, 0.4) is 0 Å². The summed E-state index contributed by atoms with van der Waals surface area (Å²) in [6.07, 6.45) is 1.47. The topological polar surface area (TPSA) is 85.2 Å². The van der Waals surface area contributed by atoms with Crippen LogP contribution in [0.25, 0.3) is 5.69 Å². The first-order valence-electron chi connectivity index (χ1n) is 8.86. The van der Waals surface area contributed by atoms with Crippen LogP contribution >= 0.6 is 24.0 Å². The lowest BCUT2D eigenvalue weighted by Gasteiger charge is -2.37. The highest BCUT2D eigenvalue weighted by molar-refractivity contribution is 6.34. The Morgan fingerprint density at radius 3 is 2.83 bits per heavy atom. The van der Waals surface area contributed by atoms with Gasteiger partial charge in [0, 0.05) is 25.2 Å². The number of halogens is 2. The normalized spacial score (nSPS) is 16.2. The monoisotopic (exact) mass is 434 g/mol. The number of nitrogens with zero attached hydrogens (tertiary/aromatic N) is 5. The Kier molecular flexibility index (Phi) is 6.68. The molecule has 0 bridgehead atoms. The molecule has 2 aromatic carbocycles. The van der Waals surface area contributed by atoms with E-state index in [4.69, 9.17) is 16.3 Å². The molecule has 10 heteroatoms. The lowest BCUT2D eigenvalue weighted by Crippen LogP contribution is -2.48. The van der Waals surface area contributed by atoms with Crippen LogP contribution in [0.5, 0.6) is 5.75 Å². The average molecular weight is 435 g/mol. The predicted molar refractivity (Wildman–Crippen MR) is 111 cm³/mol. The SMILES string of the molecule is COc1ccccc1C1CNCCN1C(=O)c1ccc(-n2cnnn2)cc1Cl.Cl. The molecule has 1 aromatic heterocycles. The summed E-state index contributed by atoms with van der Waals surface area (Å²) in [4.78, 5) is 15.2. The number of tetrazole rings is 1. The first-order valence-corrected chi connectivity index (χ1v) is 9.24. The van der Waals surface area contributed by atoms with Gasteiger partial charge in [-0.3, -0.25) is 4.79 Å². The summed E-state index contributed by atoms with van der Waals surface area (Å²) < 4.78 is 6.99. The first kappa shape index (κ1) is 21.0. The van der Waals surface area contributed by atoms with Gasteiger partial charge < -0.3 is 15.0 Å². The van der Waals surface area contributed by atoms with Crippen LogP contribution in [0, 0.1) is 0 Å². The predicted octanol–water partition coefficient (Wildman–Crippen LogP) is 2.53. The summed E-state index contributed by atoms with van der Waals surface area (Å²) in [5.41, 5.74) is 2.10. The zero-order valence-electron chi connectivity index (χ0n) is 15.7. The second-order valence-electron chi connectivity index (χ2n) is 6.38. The zero-order chi connectivity index (χ0) is 19.5. The molecule has 8 nitrogen and oxygen atoms in total. The van der Waals surface area contributed by atoms with Gasteiger partial charge in [0.1, 0.15) is 12.1 Å². The summed E-state index contributed by atoms with van der Waals surface area (Å²) >= 11 is 6.44. The third-order valence-corrected chi connectivity index (χ3v) is 5.11. The van der Waals surface area contributed by atoms with Crippen molar-refractivity contribution < 1.29 is 9.53 Å². The summed E-state index contributed by atoms with van der Waals surface area (Å²) in [7, 11) is 1.63. The highest BCUT2D eigenvalue weighted by Crippen LogP contribution is 2.32. The largest absolute Gasteiger partial charge is 0.496 e. The lowest BCUT2D eigenvalue weighted by atomic mass is 10.0. The van der Waals surface area contributed by atoms with E-state index in [0.29, 0.717) is 29.4 Å². The number of piperazine rings is 1. The van der Waals surface area contributed by atoms with Gasteiger partial charge in [0.2, 0.25) is 0 Å². The fourth-order valence-corrected chi connectivity index (χ4v) is 3.68. The summed E-state index contributed by atoms with van der Waals surface area (Å²) in [6, 6.07) is 12.8. The van der Waals surface area contributed by atoms with Crippen LogP contribution in [-0.4, -0.2) is 57.8 Å². The van der Waals surface area contributed by atoms with Crippen molar-refractivity contribution in [1.29, 1.82) is 0 Å². The molecule has 152 valence electrons. The molecule has 1 fully saturated rings. The summed E-state index contributed by atoms with van der Waals surface area (Å²) in [5.74, 6) is 0.639. The summed E-state index contributed by atoms with van der Waals surface area (Å²) in [6.45, 7) is 1.94. The smallest absolute Gasteiger partial charge is 0.255 e. The van der Waals surface area contributed by atoms with Crippen LogP contribution < -0.4 is 10.1 Å². The van der Waals surface area contributed by atoms with Crippen LogP contribution in [0.1, 0.15) is 22.0 Å². The molecule has 0 aliphatic carbocycles. The number of para-hydroxylation sites is 1. The van der Waals surface area contributed by atoms with Crippen LogP contribution in [0.2, 0.25) is 5.02 Å². The Bertz CT molecular complexity index is 983. The molecular formula is C19H20Cl2N6O2. The molecular weight excluding hydrogens is 415 g/mol. The lowest BCUT2D eigenvalue weighted by molar-refractivity contribution is 0.0632. The number of hydrogen-bond donors (Lipinski definition) is 1. The van der Waals surface area contributed by atoms with Crippen molar-refractivity contribution in [2.45, 2.75) is 6.04 Å². The minimum atomic E-state index is -0.146. The number of carbonyl (C=O) groups is 1. The van der Waals surface area contributed by atoms with E-state index in [1.165, 1.54) is 11.0 Å². The van der Waals surface area contributed by atoms with E-state index in [0.717, 1.165) is 17.9 Å². The van der Waals surface area contributed by atoms with Gasteiger partial charge in [-0.2, -0.15) is 0 Å². The van der Waals surface area contributed by atoms with Crippen LogP contribution in [0.15, 0.2) is 48.8 Å². The Hall–Kier alpha value is -2.68. The van der Waals surface area contributed by atoms with E-state index in [1.54, 1.807) is 25.3 Å². The number of benzene rings is 2. The highest BCUT2D eigenvalue weighted by atomic mass is 35.5. The van der Waals surface area contributed by atoms with Gasteiger partial charge in [-0.25, -0.2) is 4.68 Å². The molecule has 3 aromatic rings. The van der Waals surface area contributed by atoms with E-state index in [9.17, 15) is 4.79 Å². The van der Waals surface area contributed by atoms with E-state index in [1.807, 2.05) is 29.2 Å². The third-order valence-electron chi connectivity index (χ3n) is 4.80. The number of nitrogens with one attached hydrogen (secondary N) is 1. The number of carbonyl (C=O) groups excluding carboxylic acids is 1. The molecule has 29 heavy (non-hydrogen) atoms. The minimum Gasteiger partial charge on any atom is -0.496 e. The molecule has 2 heterocycles. The highest BCUT2D eigenvalue weighted by Gasteiger charge is 2.31. The molecule has 0 saturated carbocycles. The standard InChI is InChI=1S/C19H19ClN6O2.ClH/c1-28-18-5-3-2-4-15(18)17-11-21-8-9-25(17)19(27)14-7-6-13(10-16(14)20)26-12-22-23-24-26;/h2-7,10,12,17,21H,8-9,11H2,1H3;1H. The molecule has 1 N–H and O–H groups in total. The minimum absolute atomic E-state index is 0. The molecule has 1 aliphatic heterocycles. The van der Waals surface area contributed by atoms with Gasteiger partial charge in [0.05, 0.1) is 29.4 Å². The average Bonchev–Trinajstić information content (AvgIpc) is 3.28. The van der Waals surface area contributed by atoms with Crippen molar-refractivity contribution in [3.63, 3.8) is 0 Å². The quantitative estimate of drug-likeness (QED) is 0.678. The van der Waals surface area contributed by atoms with Gasteiger partial charge in [-0.05, 0) is 34.7 Å². The second-order valence-corrected chi connectivity index (χ2v) is 6.79. The zero-order valence-corrected chi connectivity index (χ0v) is 17.2.